The predicted octanol–water partition coefficient (Wildman–Crippen LogP) is 2.42. The highest BCUT2D eigenvalue weighted by atomic mass is 16.5. The van der Waals surface area contributed by atoms with Crippen LogP contribution in [0.1, 0.15) is 50.4 Å². The van der Waals surface area contributed by atoms with E-state index >= 15 is 0 Å². The number of rotatable bonds is 9. The number of hydrogen-bond acceptors (Lipinski definition) is 4. The normalized spacial score (nSPS) is 12.5. The Morgan fingerprint density at radius 3 is 2.29 bits per heavy atom. The summed E-state index contributed by atoms with van der Waals surface area (Å²) in [6, 6.07) is 7.66. The maximum Gasteiger partial charge on any atom is 0.326 e. The fourth-order valence-corrected chi connectivity index (χ4v) is 2.00. The number of amides is 1. The first-order valence-corrected chi connectivity index (χ1v) is 7.93. The van der Waals surface area contributed by atoms with Crippen molar-refractivity contribution in [2.45, 2.75) is 51.7 Å². The van der Waals surface area contributed by atoms with E-state index in [4.69, 9.17) is 9.84 Å². The molecule has 1 aromatic carbocycles. The van der Waals surface area contributed by atoms with Crippen LogP contribution in [0.25, 0.3) is 0 Å². The van der Waals surface area contributed by atoms with E-state index in [-0.39, 0.29) is 37.3 Å². The lowest BCUT2D eigenvalue weighted by Crippen LogP contribution is -2.42. The van der Waals surface area contributed by atoms with Crippen molar-refractivity contribution in [3.05, 3.63) is 35.9 Å². The average molecular weight is 335 g/mol. The highest BCUT2D eigenvalue weighted by Gasteiger charge is 2.21. The summed E-state index contributed by atoms with van der Waals surface area (Å²) < 4.78 is 5.48. The highest BCUT2D eigenvalue weighted by Crippen LogP contribution is 2.09. The van der Waals surface area contributed by atoms with E-state index in [2.05, 4.69) is 5.32 Å². The summed E-state index contributed by atoms with van der Waals surface area (Å²) in [7, 11) is 0. The number of ether oxygens (including phenoxy) is 1. The van der Waals surface area contributed by atoms with Crippen molar-refractivity contribution in [2.75, 3.05) is 6.61 Å². The molecule has 0 fully saturated rings. The number of Topliss-reactive ketones (excluding diaryl/α,β-unsaturated/α-hetero) is 1. The van der Waals surface area contributed by atoms with Crippen molar-refractivity contribution in [2.24, 2.45) is 0 Å². The first-order valence-electron chi connectivity index (χ1n) is 7.93. The van der Waals surface area contributed by atoms with E-state index < -0.39 is 17.9 Å². The van der Waals surface area contributed by atoms with E-state index in [0.29, 0.717) is 5.56 Å². The molecule has 0 aromatic heterocycles. The lowest BCUT2D eigenvalue weighted by atomic mass is 10.1. The van der Waals surface area contributed by atoms with Gasteiger partial charge in [-0.2, -0.15) is 0 Å². The number of carbonyl (C=O) groups excluding carboxylic acids is 2. The molecule has 0 aliphatic rings. The number of hydrogen-bond donors (Lipinski definition) is 2. The quantitative estimate of drug-likeness (QED) is 0.676. The second-order valence-corrected chi connectivity index (χ2v) is 6.50. The minimum absolute atomic E-state index is 0.0423. The van der Waals surface area contributed by atoms with Crippen molar-refractivity contribution in [3.63, 3.8) is 0 Å². The largest absolute Gasteiger partial charge is 0.480 e. The molecular formula is C18H25NO5. The number of benzene rings is 1. The van der Waals surface area contributed by atoms with Crippen molar-refractivity contribution in [1.29, 1.82) is 0 Å². The van der Waals surface area contributed by atoms with Gasteiger partial charge in [-0.05, 0) is 20.8 Å². The molecule has 0 aliphatic heterocycles. The van der Waals surface area contributed by atoms with Crippen LogP contribution in [0.2, 0.25) is 0 Å². The van der Waals surface area contributed by atoms with Gasteiger partial charge in [0.1, 0.15) is 6.04 Å². The van der Waals surface area contributed by atoms with Crippen LogP contribution in [-0.4, -0.2) is 41.0 Å². The molecule has 1 unspecified atom stereocenters. The zero-order valence-corrected chi connectivity index (χ0v) is 14.4. The Morgan fingerprint density at radius 1 is 1.12 bits per heavy atom. The summed E-state index contributed by atoms with van der Waals surface area (Å²) in [6.07, 6.45) is 0.170. The molecule has 132 valence electrons. The Morgan fingerprint density at radius 2 is 1.75 bits per heavy atom. The maximum atomic E-state index is 11.9. The number of nitrogens with one attached hydrogen (secondary N) is 1. The summed E-state index contributed by atoms with van der Waals surface area (Å²) in [4.78, 5) is 35.0. The fraction of sp³-hybridized carbons (Fsp3) is 0.500. The smallest absolute Gasteiger partial charge is 0.326 e. The summed E-state index contributed by atoms with van der Waals surface area (Å²) in [5, 5.41) is 11.6. The second-order valence-electron chi connectivity index (χ2n) is 6.50. The molecule has 0 saturated carbocycles. The summed E-state index contributed by atoms with van der Waals surface area (Å²) in [5.74, 6) is -1.72. The van der Waals surface area contributed by atoms with Crippen LogP contribution in [-0.2, 0) is 14.3 Å². The molecular weight excluding hydrogens is 310 g/mol. The number of carboxylic acids is 1. The van der Waals surface area contributed by atoms with Gasteiger partial charge >= 0.3 is 5.97 Å². The summed E-state index contributed by atoms with van der Waals surface area (Å²) >= 11 is 0. The third-order valence-electron chi connectivity index (χ3n) is 3.25. The molecule has 0 bridgehead atoms. The molecule has 6 nitrogen and oxygen atoms in total. The number of carboxylic acid groups (broad SMARTS) is 1. The van der Waals surface area contributed by atoms with Gasteiger partial charge in [0.15, 0.2) is 5.78 Å². The second kappa shape index (κ2) is 9.17. The van der Waals surface area contributed by atoms with E-state index in [1.807, 2.05) is 20.8 Å². The van der Waals surface area contributed by atoms with Gasteiger partial charge in [0.2, 0.25) is 5.91 Å². The molecule has 1 amide bonds. The van der Waals surface area contributed by atoms with E-state index in [1.165, 1.54) is 0 Å². The molecule has 0 radical (unpaired) electrons. The van der Waals surface area contributed by atoms with Gasteiger partial charge in [-0.1, -0.05) is 30.3 Å². The van der Waals surface area contributed by atoms with Crippen LogP contribution < -0.4 is 5.32 Å². The lowest BCUT2D eigenvalue weighted by Gasteiger charge is -2.21. The Kier molecular flexibility index (Phi) is 7.58. The standard InChI is InChI=1S/C18H25NO5/c1-18(2,3)24-12-11-14(17(22)23)19-16(21)10-9-15(20)13-7-5-4-6-8-13/h4-8,14H,9-12H2,1-3H3,(H,19,21)(H,22,23). The van der Waals surface area contributed by atoms with Crippen molar-refractivity contribution >= 4 is 17.7 Å². The molecule has 1 atom stereocenters. The summed E-state index contributed by atoms with van der Waals surface area (Å²) in [5.41, 5.74) is 0.175. The zero-order valence-electron chi connectivity index (χ0n) is 14.4. The Bertz CT molecular complexity index is 563. The molecule has 6 heteroatoms. The molecule has 0 spiro atoms. The van der Waals surface area contributed by atoms with Crippen molar-refractivity contribution in [3.8, 4) is 0 Å². The third-order valence-corrected chi connectivity index (χ3v) is 3.25. The van der Waals surface area contributed by atoms with E-state index in [1.54, 1.807) is 30.3 Å². The lowest BCUT2D eigenvalue weighted by molar-refractivity contribution is -0.142. The number of carbonyl (C=O) groups is 3. The average Bonchev–Trinajstić information content (AvgIpc) is 2.51. The van der Waals surface area contributed by atoms with Gasteiger partial charge in [0, 0.05) is 31.4 Å². The van der Waals surface area contributed by atoms with Crippen LogP contribution in [0.5, 0.6) is 0 Å². The minimum atomic E-state index is -1.12. The molecule has 1 rings (SSSR count). The number of aliphatic carboxylic acids is 1. The highest BCUT2D eigenvalue weighted by molar-refractivity contribution is 5.98. The predicted molar refractivity (Wildman–Crippen MR) is 89.9 cm³/mol. The van der Waals surface area contributed by atoms with Crippen molar-refractivity contribution < 1.29 is 24.2 Å². The Hall–Kier alpha value is -2.21. The SMILES string of the molecule is CC(C)(C)OCCC(NC(=O)CCC(=O)c1ccccc1)C(=O)O. The van der Waals surface area contributed by atoms with Crippen LogP contribution in [0.15, 0.2) is 30.3 Å². The van der Waals surface area contributed by atoms with Crippen LogP contribution in [0.3, 0.4) is 0 Å². The van der Waals surface area contributed by atoms with Gasteiger partial charge in [0.25, 0.3) is 0 Å². The minimum Gasteiger partial charge on any atom is -0.480 e. The zero-order chi connectivity index (χ0) is 18.2. The van der Waals surface area contributed by atoms with Gasteiger partial charge in [-0.25, -0.2) is 4.79 Å². The van der Waals surface area contributed by atoms with Crippen LogP contribution in [0, 0.1) is 0 Å². The molecule has 1 aromatic rings. The first-order chi connectivity index (χ1) is 11.2. The van der Waals surface area contributed by atoms with Crippen LogP contribution in [0.4, 0.5) is 0 Å². The molecule has 2 N–H and O–H groups in total. The van der Waals surface area contributed by atoms with Gasteiger partial charge in [0.05, 0.1) is 5.60 Å². The molecule has 0 heterocycles. The topological polar surface area (TPSA) is 92.7 Å². The third kappa shape index (κ3) is 7.87. The number of ketones is 1. The molecule has 0 saturated heterocycles. The van der Waals surface area contributed by atoms with Crippen LogP contribution >= 0.6 is 0 Å². The molecule has 24 heavy (non-hydrogen) atoms. The van der Waals surface area contributed by atoms with E-state index in [9.17, 15) is 14.4 Å². The molecule has 0 aliphatic carbocycles. The van der Waals surface area contributed by atoms with Gasteiger partial charge < -0.3 is 15.2 Å². The first kappa shape index (κ1) is 19.8. The van der Waals surface area contributed by atoms with Crippen molar-refractivity contribution in [1.82, 2.24) is 5.32 Å². The monoisotopic (exact) mass is 335 g/mol. The fourth-order valence-electron chi connectivity index (χ4n) is 2.00. The Balaban J connectivity index is 2.42. The van der Waals surface area contributed by atoms with E-state index in [0.717, 1.165) is 0 Å². The summed E-state index contributed by atoms with van der Waals surface area (Å²) in [6.45, 7) is 5.84. The maximum absolute atomic E-state index is 11.9. The van der Waals surface area contributed by atoms with Gasteiger partial charge in [-0.15, -0.1) is 0 Å². The van der Waals surface area contributed by atoms with Gasteiger partial charge in [-0.3, -0.25) is 9.59 Å². The Labute approximate surface area is 142 Å².